The molecule has 0 saturated heterocycles. The number of carboxylic acid groups (broad SMARTS) is 1. The van der Waals surface area contributed by atoms with E-state index in [1.165, 1.54) is 11.6 Å². The third-order valence-electron chi connectivity index (χ3n) is 4.20. The van der Waals surface area contributed by atoms with Gasteiger partial charge in [0, 0.05) is 17.1 Å². The number of aromatic carboxylic acids is 1. The van der Waals surface area contributed by atoms with Crippen LogP contribution in [0.25, 0.3) is 22.3 Å². The van der Waals surface area contributed by atoms with E-state index in [4.69, 9.17) is 11.6 Å². The number of hydrogen-bond acceptors (Lipinski definition) is 2. The van der Waals surface area contributed by atoms with E-state index < -0.39 is 5.97 Å². The molecule has 3 rings (SSSR count). The maximum absolute atomic E-state index is 11.2. The number of nitrogens with zero attached hydrogens (tertiary/aromatic N) is 1. The van der Waals surface area contributed by atoms with Gasteiger partial charge >= 0.3 is 5.97 Å². The van der Waals surface area contributed by atoms with Crippen molar-refractivity contribution in [2.45, 2.75) is 6.54 Å². The lowest BCUT2D eigenvalue weighted by atomic mass is 9.98. The molecular formula is C22H20ClNO2. The second kappa shape index (κ2) is 7.73. The summed E-state index contributed by atoms with van der Waals surface area (Å²) in [6.45, 7) is 0.914. The molecule has 4 heteroatoms. The van der Waals surface area contributed by atoms with E-state index in [1.807, 2.05) is 24.3 Å². The number of hydrogen-bond donors (Lipinski definition) is 1. The fraction of sp³-hybridized carbons (Fsp3) is 0.136. The van der Waals surface area contributed by atoms with Crippen LogP contribution in [0.4, 0.5) is 0 Å². The summed E-state index contributed by atoms with van der Waals surface area (Å²) < 4.78 is 0. The summed E-state index contributed by atoms with van der Waals surface area (Å²) in [5.74, 6) is -0.961. The van der Waals surface area contributed by atoms with Gasteiger partial charge in [0.05, 0.1) is 5.56 Å². The monoisotopic (exact) mass is 365 g/mol. The molecular weight excluding hydrogens is 346 g/mol. The molecule has 1 N–H and O–H groups in total. The quantitative estimate of drug-likeness (QED) is 0.655. The summed E-state index contributed by atoms with van der Waals surface area (Å²) in [6.07, 6.45) is 0. The van der Waals surface area contributed by atoms with Crippen LogP contribution >= 0.6 is 11.6 Å². The van der Waals surface area contributed by atoms with Crippen molar-refractivity contribution in [3.63, 3.8) is 0 Å². The Morgan fingerprint density at radius 3 is 1.96 bits per heavy atom. The minimum absolute atomic E-state index is 0.227. The summed E-state index contributed by atoms with van der Waals surface area (Å²) in [5.41, 5.74) is 5.36. The molecule has 0 aliphatic heterocycles. The molecule has 0 aliphatic carbocycles. The highest BCUT2D eigenvalue weighted by molar-refractivity contribution is 6.33. The van der Waals surface area contributed by atoms with Gasteiger partial charge < -0.3 is 10.0 Å². The van der Waals surface area contributed by atoms with Crippen molar-refractivity contribution in [2.75, 3.05) is 14.1 Å². The number of halogens is 1. The first-order valence-corrected chi connectivity index (χ1v) is 8.69. The number of carboxylic acids is 1. The Kier molecular flexibility index (Phi) is 5.40. The molecule has 0 bridgehead atoms. The highest BCUT2D eigenvalue weighted by Gasteiger charge is 2.09. The Labute approximate surface area is 158 Å². The van der Waals surface area contributed by atoms with Gasteiger partial charge in [-0.2, -0.15) is 0 Å². The van der Waals surface area contributed by atoms with Crippen LogP contribution in [0.1, 0.15) is 15.9 Å². The van der Waals surface area contributed by atoms with Crippen LogP contribution in [-0.2, 0) is 6.54 Å². The SMILES string of the molecule is CN(C)Cc1ccc(-c2ccc(-c3cc(C(=O)O)ccc3Cl)cc2)cc1. The van der Waals surface area contributed by atoms with Gasteiger partial charge in [-0.15, -0.1) is 0 Å². The fourth-order valence-corrected chi connectivity index (χ4v) is 3.12. The Morgan fingerprint density at radius 1 is 0.885 bits per heavy atom. The standard InChI is InChI=1S/C22H20ClNO2/c1-24(2)14-15-3-5-16(6-4-15)17-7-9-18(10-8-17)20-13-19(22(25)26)11-12-21(20)23/h3-13H,14H2,1-2H3,(H,25,26). The normalized spacial score (nSPS) is 10.9. The van der Waals surface area contributed by atoms with Crippen molar-refractivity contribution in [3.05, 3.63) is 82.9 Å². The molecule has 0 aromatic heterocycles. The Morgan fingerprint density at radius 2 is 1.42 bits per heavy atom. The van der Waals surface area contributed by atoms with Crippen molar-refractivity contribution < 1.29 is 9.90 Å². The molecule has 3 aromatic rings. The topological polar surface area (TPSA) is 40.5 Å². The van der Waals surface area contributed by atoms with E-state index >= 15 is 0 Å². The van der Waals surface area contributed by atoms with Crippen LogP contribution in [0.3, 0.4) is 0 Å². The van der Waals surface area contributed by atoms with Gasteiger partial charge in [0.15, 0.2) is 0 Å². The van der Waals surface area contributed by atoms with E-state index in [0.29, 0.717) is 5.02 Å². The minimum atomic E-state index is -0.961. The second-order valence-corrected chi connectivity index (χ2v) is 6.92. The van der Waals surface area contributed by atoms with E-state index in [1.54, 1.807) is 12.1 Å². The van der Waals surface area contributed by atoms with Crippen LogP contribution in [0, 0.1) is 0 Å². The average Bonchev–Trinajstić information content (AvgIpc) is 2.62. The summed E-state index contributed by atoms with van der Waals surface area (Å²) in [5, 5.41) is 9.71. The summed E-state index contributed by atoms with van der Waals surface area (Å²) >= 11 is 6.25. The Hall–Kier alpha value is -2.62. The highest BCUT2D eigenvalue weighted by Crippen LogP contribution is 2.31. The molecule has 0 heterocycles. The van der Waals surface area contributed by atoms with Crippen LogP contribution in [0.2, 0.25) is 5.02 Å². The Balaban J connectivity index is 1.87. The van der Waals surface area contributed by atoms with Crippen LogP contribution < -0.4 is 0 Å². The summed E-state index contributed by atoms with van der Waals surface area (Å²) in [4.78, 5) is 13.3. The van der Waals surface area contributed by atoms with Crippen molar-refractivity contribution in [1.29, 1.82) is 0 Å². The third kappa shape index (κ3) is 4.13. The molecule has 0 atom stereocenters. The largest absolute Gasteiger partial charge is 0.478 e. The zero-order chi connectivity index (χ0) is 18.7. The van der Waals surface area contributed by atoms with Gasteiger partial charge in [0.2, 0.25) is 0 Å². The van der Waals surface area contributed by atoms with Crippen LogP contribution in [-0.4, -0.2) is 30.1 Å². The first kappa shape index (κ1) is 18.2. The molecule has 0 aliphatic rings. The smallest absolute Gasteiger partial charge is 0.335 e. The van der Waals surface area contributed by atoms with Gasteiger partial charge in [0.25, 0.3) is 0 Å². The van der Waals surface area contributed by atoms with Gasteiger partial charge in [-0.1, -0.05) is 60.1 Å². The summed E-state index contributed by atoms with van der Waals surface area (Å²) in [7, 11) is 4.11. The minimum Gasteiger partial charge on any atom is -0.478 e. The number of carbonyl (C=O) groups is 1. The fourth-order valence-electron chi connectivity index (χ4n) is 2.89. The first-order chi connectivity index (χ1) is 12.4. The molecule has 0 spiro atoms. The van der Waals surface area contributed by atoms with Gasteiger partial charge in [0.1, 0.15) is 0 Å². The number of rotatable bonds is 5. The molecule has 26 heavy (non-hydrogen) atoms. The van der Waals surface area contributed by atoms with Gasteiger partial charge in [-0.05, 0) is 54.5 Å². The lowest BCUT2D eigenvalue weighted by Crippen LogP contribution is -2.10. The van der Waals surface area contributed by atoms with E-state index in [-0.39, 0.29) is 5.56 Å². The first-order valence-electron chi connectivity index (χ1n) is 8.31. The second-order valence-electron chi connectivity index (χ2n) is 6.51. The Bertz CT molecular complexity index is 916. The zero-order valence-corrected chi connectivity index (χ0v) is 15.5. The predicted octanol–water partition coefficient (Wildman–Crippen LogP) is 5.43. The predicted molar refractivity (Wildman–Crippen MR) is 107 cm³/mol. The zero-order valence-electron chi connectivity index (χ0n) is 14.7. The number of benzene rings is 3. The lowest BCUT2D eigenvalue weighted by molar-refractivity contribution is 0.0697. The molecule has 0 amide bonds. The maximum atomic E-state index is 11.2. The van der Waals surface area contributed by atoms with E-state index in [2.05, 4.69) is 43.3 Å². The van der Waals surface area contributed by atoms with Crippen molar-refractivity contribution in [2.24, 2.45) is 0 Å². The van der Waals surface area contributed by atoms with E-state index in [0.717, 1.165) is 28.8 Å². The lowest BCUT2D eigenvalue weighted by Gasteiger charge is -2.11. The molecule has 0 unspecified atom stereocenters. The summed E-state index contributed by atoms with van der Waals surface area (Å²) in [6, 6.07) is 21.2. The molecule has 3 aromatic carbocycles. The molecule has 0 fully saturated rings. The highest BCUT2D eigenvalue weighted by atomic mass is 35.5. The molecule has 3 nitrogen and oxygen atoms in total. The van der Waals surface area contributed by atoms with Crippen molar-refractivity contribution >= 4 is 17.6 Å². The molecule has 0 radical (unpaired) electrons. The average molecular weight is 366 g/mol. The van der Waals surface area contributed by atoms with E-state index in [9.17, 15) is 9.90 Å². The van der Waals surface area contributed by atoms with Gasteiger partial charge in [-0.25, -0.2) is 4.79 Å². The van der Waals surface area contributed by atoms with Crippen molar-refractivity contribution in [3.8, 4) is 22.3 Å². The molecule has 0 saturated carbocycles. The van der Waals surface area contributed by atoms with Crippen LogP contribution in [0.5, 0.6) is 0 Å². The third-order valence-corrected chi connectivity index (χ3v) is 4.52. The molecule has 132 valence electrons. The van der Waals surface area contributed by atoms with Crippen LogP contribution in [0.15, 0.2) is 66.7 Å². The van der Waals surface area contributed by atoms with Crippen molar-refractivity contribution in [1.82, 2.24) is 4.90 Å². The maximum Gasteiger partial charge on any atom is 0.335 e. The van der Waals surface area contributed by atoms with Gasteiger partial charge in [-0.3, -0.25) is 0 Å².